The second-order valence-corrected chi connectivity index (χ2v) is 5.42. The van der Waals surface area contributed by atoms with Crippen LogP contribution in [-0.2, 0) is 6.54 Å². The number of aliphatic imine (C=N–C) groups is 1. The maximum absolute atomic E-state index is 12.2. The van der Waals surface area contributed by atoms with E-state index >= 15 is 0 Å². The van der Waals surface area contributed by atoms with E-state index in [-0.39, 0.29) is 29.9 Å². The molecule has 0 atom stereocenters. The van der Waals surface area contributed by atoms with E-state index in [0.717, 1.165) is 5.75 Å². The molecular formula is C18H22F3IN4O2. The average Bonchev–Trinajstić information content (AvgIpc) is 2.66. The molecule has 1 heterocycles. The van der Waals surface area contributed by atoms with Gasteiger partial charge in [-0.2, -0.15) is 13.2 Å². The Balaban J connectivity index is 0.00000392. The van der Waals surface area contributed by atoms with Crippen molar-refractivity contribution in [2.45, 2.75) is 12.7 Å². The molecule has 10 heteroatoms. The molecule has 28 heavy (non-hydrogen) atoms. The molecule has 1 aromatic heterocycles. The summed E-state index contributed by atoms with van der Waals surface area (Å²) in [5.74, 6) is 1.25. The van der Waals surface area contributed by atoms with E-state index in [9.17, 15) is 13.2 Å². The van der Waals surface area contributed by atoms with Crippen molar-refractivity contribution in [3.05, 3.63) is 54.2 Å². The number of rotatable bonds is 8. The van der Waals surface area contributed by atoms with Crippen LogP contribution in [0.1, 0.15) is 5.56 Å². The summed E-state index contributed by atoms with van der Waals surface area (Å²) in [5, 5.41) is 6.15. The van der Waals surface area contributed by atoms with Crippen molar-refractivity contribution in [1.29, 1.82) is 0 Å². The van der Waals surface area contributed by atoms with E-state index in [1.54, 1.807) is 13.1 Å². The largest absolute Gasteiger partial charge is 0.492 e. The third-order valence-electron chi connectivity index (χ3n) is 3.27. The van der Waals surface area contributed by atoms with Gasteiger partial charge in [0.25, 0.3) is 0 Å². The Kier molecular flexibility index (Phi) is 10.4. The molecule has 154 valence electrons. The first-order valence-electron chi connectivity index (χ1n) is 8.23. The van der Waals surface area contributed by atoms with E-state index in [4.69, 9.17) is 4.74 Å². The molecule has 0 spiro atoms. The summed E-state index contributed by atoms with van der Waals surface area (Å²) >= 11 is 0. The number of pyridine rings is 1. The van der Waals surface area contributed by atoms with Crippen LogP contribution >= 0.6 is 24.0 Å². The first-order chi connectivity index (χ1) is 13.0. The maximum atomic E-state index is 12.2. The normalized spacial score (nSPS) is 11.4. The number of hydrogen-bond acceptors (Lipinski definition) is 4. The number of hydrogen-bond donors (Lipinski definition) is 2. The van der Waals surface area contributed by atoms with E-state index in [1.165, 1.54) is 12.3 Å². The van der Waals surface area contributed by atoms with Crippen molar-refractivity contribution in [3.8, 4) is 11.6 Å². The van der Waals surface area contributed by atoms with Gasteiger partial charge in [-0.1, -0.05) is 18.2 Å². The highest BCUT2D eigenvalue weighted by Crippen LogP contribution is 2.17. The summed E-state index contributed by atoms with van der Waals surface area (Å²) in [7, 11) is 1.62. The molecule has 0 unspecified atom stereocenters. The number of halogens is 4. The Morgan fingerprint density at radius 1 is 1.11 bits per heavy atom. The summed E-state index contributed by atoms with van der Waals surface area (Å²) < 4.78 is 46.8. The van der Waals surface area contributed by atoms with E-state index in [2.05, 4.69) is 25.3 Å². The van der Waals surface area contributed by atoms with Crippen molar-refractivity contribution in [2.75, 3.05) is 26.8 Å². The molecule has 0 bridgehead atoms. The summed E-state index contributed by atoms with van der Waals surface area (Å²) in [6.45, 7) is -0.0358. The zero-order valence-corrected chi connectivity index (χ0v) is 17.5. The summed E-state index contributed by atoms with van der Waals surface area (Å²) in [4.78, 5) is 7.85. The fourth-order valence-corrected chi connectivity index (χ4v) is 2.06. The van der Waals surface area contributed by atoms with Crippen molar-refractivity contribution in [3.63, 3.8) is 0 Å². The first kappa shape index (κ1) is 23.8. The number of nitrogens with zero attached hydrogens (tertiary/aromatic N) is 2. The van der Waals surface area contributed by atoms with Crippen LogP contribution < -0.4 is 20.1 Å². The van der Waals surface area contributed by atoms with Crippen molar-refractivity contribution >= 4 is 29.9 Å². The summed E-state index contributed by atoms with van der Waals surface area (Å²) in [5.41, 5.74) is 0.714. The van der Waals surface area contributed by atoms with Crippen LogP contribution in [0.4, 0.5) is 13.2 Å². The number of nitrogens with one attached hydrogen (secondary N) is 2. The Hall–Kier alpha value is -2.24. The smallest absolute Gasteiger partial charge is 0.422 e. The van der Waals surface area contributed by atoms with Crippen LogP contribution in [0.25, 0.3) is 0 Å². The van der Waals surface area contributed by atoms with Crippen LogP contribution in [-0.4, -0.2) is 43.9 Å². The van der Waals surface area contributed by atoms with Gasteiger partial charge in [-0.15, -0.1) is 24.0 Å². The lowest BCUT2D eigenvalue weighted by molar-refractivity contribution is -0.154. The van der Waals surface area contributed by atoms with Gasteiger partial charge in [-0.05, 0) is 23.8 Å². The lowest BCUT2D eigenvalue weighted by Gasteiger charge is -2.13. The van der Waals surface area contributed by atoms with Crippen LogP contribution in [0.5, 0.6) is 11.6 Å². The molecule has 0 aliphatic carbocycles. The Morgan fingerprint density at radius 2 is 1.86 bits per heavy atom. The monoisotopic (exact) mass is 510 g/mol. The fraction of sp³-hybridized carbons (Fsp3) is 0.333. The van der Waals surface area contributed by atoms with Gasteiger partial charge >= 0.3 is 6.18 Å². The highest BCUT2D eigenvalue weighted by molar-refractivity contribution is 14.0. The highest BCUT2D eigenvalue weighted by atomic mass is 127. The van der Waals surface area contributed by atoms with Gasteiger partial charge < -0.3 is 20.1 Å². The molecule has 0 radical (unpaired) electrons. The lowest BCUT2D eigenvalue weighted by Crippen LogP contribution is -2.38. The zero-order chi connectivity index (χ0) is 19.5. The molecule has 6 nitrogen and oxygen atoms in total. The van der Waals surface area contributed by atoms with Crippen molar-refractivity contribution in [2.24, 2.45) is 4.99 Å². The summed E-state index contributed by atoms with van der Waals surface area (Å²) in [6.07, 6.45) is -3.00. The Bertz CT molecular complexity index is 730. The van der Waals surface area contributed by atoms with Crippen molar-refractivity contribution < 1.29 is 22.6 Å². The molecule has 0 fully saturated rings. The molecule has 0 aliphatic heterocycles. The van der Waals surface area contributed by atoms with Gasteiger partial charge in [0.05, 0.1) is 6.54 Å². The minimum Gasteiger partial charge on any atom is -0.492 e. The van der Waals surface area contributed by atoms with Gasteiger partial charge in [-0.3, -0.25) is 4.99 Å². The second kappa shape index (κ2) is 12.3. The van der Waals surface area contributed by atoms with Crippen LogP contribution in [0.3, 0.4) is 0 Å². The SMILES string of the molecule is CN=C(NCCOc1ccccc1)NCc1ccnc(OCC(F)(F)F)c1.I. The van der Waals surface area contributed by atoms with Crippen LogP contribution in [0, 0.1) is 0 Å². The fourth-order valence-electron chi connectivity index (χ4n) is 2.06. The number of para-hydroxylation sites is 1. The predicted octanol–water partition coefficient (Wildman–Crippen LogP) is 3.38. The number of ether oxygens (including phenoxy) is 2. The number of guanidine groups is 1. The molecule has 2 rings (SSSR count). The van der Waals surface area contributed by atoms with Crippen LogP contribution in [0.15, 0.2) is 53.7 Å². The maximum Gasteiger partial charge on any atom is 0.422 e. The van der Waals surface area contributed by atoms with E-state index < -0.39 is 12.8 Å². The van der Waals surface area contributed by atoms with Gasteiger partial charge in [0, 0.05) is 25.9 Å². The Morgan fingerprint density at radius 3 is 2.54 bits per heavy atom. The quantitative estimate of drug-likeness (QED) is 0.247. The molecule has 0 amide bonds. The van der Waals surface area contributed by atoms with E-state index in [1.807, 2.05) is 30.3 Å². The minimum atomic E-state index is -4.40. The number of benzene rings is 1. The third kappa shape index (κ3) is 9.62. The van der Waals surface area contributed by atoms with Gasteiger partial charge in [0.15, 0.2) is 12.6 Å². The topological polar surface area (TPSA) is 67.8 Å². The van der Waals surface area contributed by atoms with Gasteiger partial charge in [0.2, 0.25) is 5.88 Å². The molecular weight excluding hydrogens is 488 g/mol. The van der Waals surface area contributed by atoms with Gasteiger partial charge in [0.1, 0.15) is 12.4 Å². The van der Waals surface area contributed by atoms with Gasteiger partial charge in [-0.25, -0.2) is 4.98 Å². The standard InChI is InChI=1S/C18H21F3N4O2.HI/c1-22-17(24-9-10-26-15-5-3-2-4-6-15)25-12-14-7-8-23-16(11-14)27-13-18(19,20)21;/h2-8,11H,9-10,12-13H2,1H3,(H2,22,24,25);1H. The zero-order valence-electron chi connectivity index (χ0n) is 15.2. The first-order valence-corrected chi connectivity index (χ1v) is 8.23. The Labute approximate surface area is 178 Å². The van der Waals surface area contributed by atoms with Crippen LogP contribution in [0.2, 0.25) is 0 Å². The number of aromatic nitrogens is 1. The van der Waals surface area contributed by atoms with E-state index in [0.29, 0.717) is 31.2 Å². The number of alkyl halides is 3. The minimum absolute atomic E-state index is 0. The molecule has 0 saturated heterocycles. The predicted molar refractivity (Wildman–Crippen MR) is 111 cm³/mol. The molecule has 0 aliphatic rings. The lowest BCUT2D eigenvalue weighted by atomic mass is 10.2. The highest BCUT2D eigenvalue weighted by Gasteiger charge is 2.28. The second-order valence-electron chi connectivity index (χ2n) is 5.42. The average molecular weight is 510 g/mol. The molecule has 1 aromatic carbocycles. The molecule has 2 aromatic rings. The molecule has 2 N–H and O–H groups in total. The molecule has 0 saturated carbocycles. The third-order valence-corrected chi connectivity index (χ3v) is 3.27. The summed E-state index contributed by atoms with van der Waals surface area (Å²) in [6, 6.07) is 12.6. The van der Waals surface area contributed by atoms with Crippen molar-refractivity contribution in [1.82, 2.24) is 15.6 Å².